The molecule has 0 atom stereocenters. The number of carbonyl (C=O) groups is 1. The van der Waals surface area contributed by atoms with Crippen LogP contribution in [-0.2, 0) is 4.79 Å². The Labute approximate surface area is 176 Å². The van der Waals surface area contributed by atoms with Crippen LogP contribution in [0, 0.1) is 13.8 Å². The second kappa shape index (κ2) is 9.37. The molecule has 0 radical (unpaired) electrons. The topological polar surface area (TPSA) is 48.8 Å². The molecule has 0 aliphatic carbocycles. The van der Waals surface area contributed by atoms with Crippen molar-refractivity contribution in [2.24, 2.45) is 0 Å². The van der Waals surface area contributed by atoms with Gasteiger partial charge in [-0.1, -0.05) is 29.8 Å². The molecule has 1 aliphatic heterocycles. The highest BCUT2D eigenvalue weighted by Crippen LogP contribution is 2.20. The van der Waals surface area contributed by atoms with Gasteiger partial charge >= 0.3 is 0 Å². The third kappa shape index (κ3) is 5.67. The highest BCUT2D eigenvalue weighted by Gasteiger charge is 2.24. The minimum absolute atomic E-state index is 0.0208. The number of halogens is 1. The van der Waals surface area contributed by atoms with Crippen LogP contribution in [0.1, 0.15) is 11.1 Å². The first-order valence-electron chi connectivity index (χ1n) is 9.43. The third-order valence-corrected chi connectivity index (χ3v) is 5.48. The molecule has 3 N–H and O–H groups in total. The lowest BCUT2D eigenvalue weighted by molar-refractivity contribution is -0.895. The Morgan fingerprint density at radius 3 is 2.39 bits per heavy atom. The summed E-state index contributed by atoms with van der Waals surface area (Å²) < 4.78 is 0. The van der Waals surface area contributed by atoms with E-state index < -0.39 is 0 Å². The van der Waals surface area contributed by atoms with Gasteiger partial charge in [0.25, 0.3) is 5.91 Å². The number of nitrogens with one attached hydrogen (secondary N) is 3. The fourth-order valence-corrected chi connectivity index (χ4v) is 3.92. The summed E-state index contributed by atoms with van der Waals surface area (Å²) in [6.07, 6.45) is 0. The van der Waals surface area contributed by atoms with Crippen LogP contribution in [-0.4, -0.2) is 48.6 Å². The molecule has 148 valence electrons. The summed E-state index contributed by atoms with van der Waals surface area (Å²) in [6.45, 7) is 7.97. The number of carbonyl (C=O) groups excluding carboxylic acids is 1. The average molecular weight is 418 g/mol. The van der Waals surface area contributed by atoms with Crippen molar-refractivity contribution in [1.29, 1.82) is 0 Å². The molecule has 7 heteroatoms. The molecule has 5 nitrogen and oxygen atoms in total. The van der Waals surface area contributed by atoms with E-state index in [2.05, 4.69) is 47.6 Å². The summed E-state index contributed by atoms with van der Waals surface area (Å²) in [4.78, 5) is 15.7. The van der Waals surface area contributed by atoms with Crippen molar-refractivity contribution in [3.8, 4) is 0 Å². The molecule has 0 bridgehead atoms. The Hall–Kier alpha value is -2.15. The summed E-state index contributed by atoms with van der Waals surface area (Å²) in [6, 6.07) is 13.6. The molecule has 0 spiro atoms. The van der Waals surface area contributed by atoms with Crippen LogP contribution < -0.4 is 15.5 Å². The van der Waals surface area contributed by atoms with E-state index in [1.807, 2.05) is 18.2 Å². The highest BCUT2D eigenvalue weighted by molar-refractivity contribution is 7.80. The molecule has 2 aromatic rings. The second-order valence-corrected chi connectivity index (χ2v) is 8.04. The lowest BCUT2D eigenvalue weighted by atomic mass is 10.1. The summed E-state index contributed by atoms with van der Waals surface area (Å²) in [5.41, 5.74) is 4.11. The molecule has 0 saturated carbocycles. The zero-order valence-corrected chi connectivity index (χ0v) is 17.8. The van der Waals surface area contributed by atoms with Gasteiger partial charge in [0, 0.05) is 5.69 Å². The fourth-order valence-electron chi connectivity index (χ4n) is 3.44. The predicted octanol–water partition coefficient (Wildman–Crippen LogP) is 2.49. The van der Waals surface area contributed by atoms with Crippen LogP contribution in [0.2, 0.25) is 5.02 Å². The zero-order chi connectivity index (χ0) is 20.1. The third-order valence-electron chi connectivity index (χ3n) is 4.79. The number of para-hydroxylation sites is 1. The van der Waals surface area contributed by atoms with Gasteiger partial charge in [0.05, 0.1) is 36.9 Å². The lowest BCUT2D eigenvalue weighted by Crippen LogP contribution is -3.15. The fraction of sp³-hybridized carbons (Fsp3) is 0.333. The number of benzene rings is 2. The van der Waals surface area contributed by atoms with Crippen LogP contribution in [0.5, 0.6) is 0 Å². The summed E-state index contributed by atoms with van der Waals surface area (Å²) in [5, 5.41) is 7.53. The predicted molar refractivity (Wildman–Crippen MR) is 119 cm³/mol. The van der Waals surface area contributed by atoms with Crippen molar-refractivity contribution in [3.05, 3.63) is 58.6 Å². The molecule has 1 saturated heterocycles. The standard InChI is InChI=1S/C21H25ClN4OS/c1-15-11-16(2)13-17(12-15)23-21(28)26-9-7-25(8-10-26)14-20(27)24-19-6-4-3-5-18(19)22/h3-6,11-13H,7-10,14H2,1-2H3,(H,23,28)(H,24,27)/p+1. The van der Waals surface area contributed by atoms with E-state index in [4.69, 9.17) is 23.8 Å². The van der Waals surface area contributed by atoms with Crippen LogP contribution in [0.25, 0.3) is 0 Å². The van der Waals surface area contributed by atoms with Gasteiger partial charge in [-0.25, -0.2) is 0 Å². The lowest BCUT2D eigenvalue weighted by Gasteiger charge is -2.33. The number of anilines is 2. The number of nitrogens with zero attached hydrogens (tertiary/aromatic N) is 1. The maximum Gasteiger partial charge on any atom is 0.279 e. The van der Waals surface area contributed by atoms with Crippen molar-refractivity contribution in [2.75, 3.05) is 43.4 Å². The number of hydrogen-bond acceptors (Lipinski definition) is 2. The van der Waals surface area contributed by atoms with Crippen LogP contribution in [0.3, 0.4) is 0 Å². The Balaban J connectivity index is 1.46. The minimum Gasteiger partial charge on any atom is -0.338 e. The van der Waals surface area contributed by atoms with Gasteiger partial charge in [0.1, 0.15) is 0 Å². The summed E-state index contributed by atoms with van der Waals surface area (Å²) >= 11 is 11.7. The first-order valence-corrected chi connectivity index (χ1v) is 10.2. The van der Waals surface area contributed by atoms with E-state index in [0.29, 0.717) is 17.3 Å². The zero-order valence-electron chi connectivity index (χ0n) is 16.2. The Bertz CT molecular complexity index is 845. The minimum atomic E-state index is -0.0208. The van der Waals surface area contributed by atoms with Crippen molar-refractivity contribution in [2.45, 2.75) is 13.8 Å². The largest absolute Gasteiger partial charge is 0.338 e. The maximum absolute atomic E-state index is 12.3. The molecule has 2 aromatic carbocycles. The number of thiocarbonyl (C=S) groups is 1. The Kier molecular flexibility index (Phi) is 6.88. The molecular formula is C21H26ClN4OS+. The van der Waals surface area contributed by atoms with Gasteiger partial charge in [-0.15, -0.1) is 0 Å². The van der Waals surface area contributed by atoms with Crippen molar-refractivity contribution < 1.29 is 9.69 Å². The van der Waals surface area contributed by atoms with Crippen molar-refractivity contribution in [3.63, 3.8) is 0 Å². The van der Waals surface area contributed by atoms with Gasteiger partial charge in [-0.3, -0.25) is 4.79 Å². The maximum atomic E-state index is 12.3. The first kappa shape index (κ1) is 20.6. The number of quaternary nitrogens is 1. The van der Waals surface area contributed by atoms with Crippen LogP contribution in [0.15, 0.2) is 42.5 Å². The van der Waals surface area contributed by atoms with Gasteiger partial charge in [-0.05, 0) is 61.5 Å². The van der Waals surface area contributed by atoms with Gasteiger partial charge < -0.3 is 20.4 Å². The van der Waals surface area contributed by atoms with E-state index in [1.165, 1.54) is 16.0 Å². The molecule has 1 fully saturated rings. The number of rotatable bonds is 4. The quantitative estimate of drug-likeness (QED) is 0.669. The van der Waals surface area contributed by atoms with Crippen molar-refractivity contribution >= 4 is 46.2 Å². The number of aryl methyl sites for hydroxylation is 2. The van der Waals surface area contributed by atoms with E-state index in [0.717, 1.165) is 37.0 Å². The molecule has 1 aliphatic rings. The smallest absolute Gasteiger partial charge is 0.279 e. The molecule has 28 heavy (non-hydrogen) atoms. The highest BCUT2D eigenvalue weighted by atomic mass is 35.5. The van der Waals surface area contributed by atoms with Crippen molar-refractivity contribution in [1.82, 2.24) is 4.90 Å². The molecule has 1 amide bonds. The Morgan fingerprint density at radius 1 is 1.11 bits per heavy atom. The van der Waals surface area contributed by atoms with E-state index in [9.17, 15) is 4.79 Å². The van der Waals surface area contributed by atoms with Gasteiger partial charge in [-0.2, -0.15) is 0 Å². The van der Waals surface area contributed by atoms with Crippen LogP contribution in [0.4, 0.5) is 11.4 Å². The monoisotopic (exact) mass is 417 g/mol. The summed E-state index contributed by atoms with van der Waals surface area (Å²) in [5.74, 6) is -0.0208. The van der Waals surface area contributed by atoms with Gasteiger partial charge in [0.15, 0.2) is 11.7 Å². The van der Waals surface area contributed by atoms with Gasteiger partial charge in [0.2, 0.25) is 0 Å². The van der Waals surface area contributed by atoms with E-state index in [1.54, 1.807) is 6.07 Å². The normalized spacial score (nSPS) is 14.6. The molecule has 1 heterocycles. The van der Waals surface area contributed by atoms with E-state index >= 15 is 0 Å². The second-order valence-electron chi connectivity index (χ2n) is 7.25. The van der Waals surface area contributed by atoms with Crippen LogP contribution >= 0.6 is 23.8 Å². The Morgan fingerprint density at radius 2 is 1.75 bits per heavy atom. The molecule has 0 unspecified atom stereocenters. The van der Waals surface area contributed by atoms with E-state index in [-0.39, 0.29) is 5.91 Å². The molecular weight excluding hydrogens is 392 g/mol. The first-order chi connectivity index (χ1) is 13.4. The average Bonchev–Trinajstić information content (AvgIpc) is 2.63. The summed E-state index contributed by atoms with van der Waals surface area (Å²) in [7, 11) is 0. The molecule has 0 aromatic heterocycles. The number of hydrogen-bond donors (Lipinski definition) is 3. The number of amides is 1. The SMILES string of the molecule is Cc1cc(C)cc(NC(=S)N2CC[NH+](CC(=O)Nc3ccccc3Cl)CC2)c1. The molecule has 3 rings (SSSR count). The number of piperazine rings is 1.